The molecule has 1 aromatic heterocycles. The number of nitrogens with zero attached hydrogens (tertiary/aromatic N) is 1. The highest BCUT2D eigenvalue weighted by Crippen LogP contribution is 2.36. The molecule has 2 amide bonds. The second kappa shape index (κ2) is 6.49. The fraction of sp³-hybridized carbons (Fsp3) is 0.222. The van der Waals surface area contributed by atoms with Crippen molar-refractivity contribution < 1.29 is 14.3 Å². The average molecular weight is 342 g/mol. The Kier molecular flexibility index (Phi) is 4.40. The third-order valence-electron chi connectivity index (χ3n) is 3.60. The van der Waals surface area contributed by atoms with E-state index in [1.165, 1.54) is 11.3 Å². The summed E-state index contributed by atoms with van der Waals surface area (Å²) in [5.41, 5.74) is 2.21. The molecule has 124 valence electrons. The van der Waals surface area contributed by atoms with Crippen molar-refractivity contribution in [2.24, 2.45) is 0 Å². The van der Waals surface area contributed by atoms with Gasteiger partial charge < -0.3 is 15.0 Å². The van der Waals surface area contributed by atoms with Crippen LogP contribution in [0.1, 0.15) is 23.5 Å². The predicted molar refractivity (Wildman–Crippen MR) is 96.0 cm³/mol. The van der Waals surface area contributed by atoms with Gasteiger partial charge in [-0.1, -0.05) is 18.2 Å². The number of hydrogen-bond donors (Lipinski definition) is 1. The van der Waals surface area contributed by atoms with Crippen LogP contribution < -0.4 is 15.0 Å². The van der Waals surface area contributed by atoms with Gasteiger partial charge in [0.1, 0.15) is 5.75 Å². The van der Waals surface area contributed by atoms with E-state index < -0.39 is 6.10 Å². The Morgan fingerprint density at radius 3 is 2.88 bits per heavy atom. The normalized spacial score (nSPS) is 16.3. The summed E-state index contributed by atoms with van der Waals surface area (Å²) >= 11 is 1.38. The first-order valence-corrected chi connectivity index (χ1v) is 8.45. The Morgan fingerprint density at radius 1 is 1.42 bits per heavy atom. The lowest BCUT2D eigenvalue weighted by molar-refractivity contribution is -0.125. The van der Waals surface area contributed by atoms with E-state index in [0.29, 0.717) is 28.5 Å². The van der Waals surface area contributed by atoms with Gasteiger partial charge in [-0.3, -0.25) is 9.59 Å². The van der Waals surface area contributed by atoms with Crippen LogP contribution in [0.5, 0.6) is 5.75 Å². The highest BCUT2D eigenvalue weighted by molar-refractivity contribution is 7.12. The lowest BCUT2D eigenvalue weighted by Gasteiger charge is -2.33. The number of carbonyl (C=O) groups is 2. The summed E-state index contributed by atoms with van der Waals surface area (Å²) in [5, 5.41) is 4.70. The third kappa shape index (κ3) is 3.19. The van der Waals surface area contributed by atoms with Gasteiger partial charge in [0.2, 0.25) is 0 Å². The molecular weight excluding hydrogens is 324 g/mol. The van der Waals surface area contributed by atoms with Crippen molar-refractivity contribution in [2.75, 3.05) is 16.8 Å². The van der Waals surface area contributed by atoms with Gasteiger partial charge in [-0.05, 0) is 37.4 Å². The Hall–Kier alpha value is -2.60. The lowest BCUT2D eigenvalue weighted by Crippen LogP contribution is -2.45. The molecule has 1 N–H and O–H groups in total. The van der Waals surface area contributed by atoms with Crippen LogP contribution in [0.3, 0.4) is 0 Å². The van der Waals surface area contributed by atoms with Crippen LogP contribution in [0.2, 0.25) is 0 Å². The van der Waals surface area contributed by atoms with Crippen LogP contribution in [-0.4, -0.2) is 24.5 Å². The van der Waals surface area contributed by atoms with E-state index in [2.05, 4.69) is 11.9 Å². The molecule has 1 atom stereocenters. The first-order chi connectivity index (χ1) is 11.5. The molecule has 0 radical (unpaired) electrons. The standard InChI is InChI=1S/C18H18N2O3S/c1-11(2)10-20-14-7-6-13(9-15(14)23-12(3)18(20)22)19-17(21)16-5-4-8-24-16/h4-9,12H,1,10H2,2-3H3,(H,19,21). The van der Waals surface area contributed by atoms with Crippen LogP contribution in [0, 0.1) is 0 Å². The zero-order valence-corrected chi connectivity index (χ0v) is 14.4. The zero-order chi connectivity index (χ0) is 17.3. The average Bonchev–Trinajstić information content (AvgIpc) is 3.06. The highest BCUT2D eigenvalue weighted by atomic mass is 32.1. The lowest BCUT2D eigenvalue weighted by atomic mass is 10.1. The summed E-state index contributed by atoms with van der Waals surface area (Å²) in [6.45, 7) is 7.91. The second-order valence-corrected chi connectivity index (χ2v) is 6.70. The Morgan fingerprint density at radius 2 is 2.21 bits per heavy atom. The number of amides is 2. The Balaban J connectivity index is 1.87. The number of benzene rings is 1. The SMILES string of the molecule is C=C(C)CN1C(=O)C(C)Oc2cc(NC(=O)c3cccs3)ccc21. The maximum absolute atomic E-state index is 12.3. The van der Waals surface area contributed by atoms with E-state index in [1.54, 1.807) is 36.1 Å². The highest BCUT2D eigenvalue weighted by Gasteiger charge is 2.31. The van der Waals surface area contributed by atoms with Crippen molar-refractivity contribution in [3.8, 4) is 5.75 Å². The van der Waals surface area contributed by atoms with E-state index in [9.17, 15) is 9.59 Å². The van der Waals surface area contributed by atoms with E-state index in [4.69, 9.17) is 4.74 Å². The fourth-order valence-electron chi connectivity index (χ4n) is 2.52. The van der Waals surface area contributed by atoms with Gasteiger partial charge in [-0.15, -0.1) is 11.3 Å². The van der Waals surface area contributed by atoms with E-state index >= 15 is 0 Å². The number of rotatable bonds is 4. The molecule has 3 rings (SSSR count). The fourth-order valence-corrected chi connectivity index (χ4v) is 3.14. The molecule has 0 fully saturated rings. The number of ether oxygens (including phenoxy) is 1. The minimum Gasteiger partial charge on any atom is -0.479 e. The molecule has 0 saturated heterocycles. The van der Waals surface area contributed by atoms with Gasteiger partial charge in [0.25, 0.3) is 11.8 Å². The van der Waals surface area contributed by atoms with E-state index in [1.807, 2.05) is 18.4 Å². The molecular formula is C18H18N2O3S. The van der Waals surface area contributed by atoms with Crippen LogP contribution in [0.25, 0.3) is 0 Å². The largest absolute Gasteiger partial charge is 0.479 e. The molecule has 6 heteroatoms. The minimum atomic E-state index is -0.569. The second-order valence-electron chi connectivity index (χ2n) is 5.76. The molecule has 0 aliphatic carbocycles. The number of hydrogen-bond acceptors (Lipinski definition) is 4. The quantitative estimate of drug-likeness (QED) is 0.862. The molecule has 0 spiro atoms. The van der Waals surface area contributed by atoms with Gasteiger partial charge in [-0.2, -0.15) is 0 Å². The molecule has 1 aromatic carbocycles. The molecule has 5 nitrogen and oxygen atoms in total. The number of anilines is 2. The van der Waals surface area contributed by atoms with Crippen LogP contribution in [-0.2, 0) is 4.79 Å². The monoisotopic (exact) mass is 342 g/mol. The zero-order valence-electron chi connectivity index (χ0n) is 13.5. The molecule has 1 aliphatic heterocycles. The number of nitrogens with one attached hydrogen (secondary N) is 1. The van der Waals surface area contributed by atoms with Gasteiger partial charge in [-0.25, -0.2) is 0 Å². The maximum atomic E-state index is 12.3. The van der Waals surface area contributed by atoms with Crippen LogP contribution >= 0.6 is 11.3 Å². The summed E-state index contributed by atoms with van der Waals surface area (Å²) in [6, 6.07) is 8.90. The summed E-state index contributed by atoms with van der Waals surface area (Å²) in [7, 11) is 0. The molecule has 2 aromatic rings. The Labute approximate surface area is 144 Å². The maximum Gasteiger partial charge on any atom is 0.268 e. The molecule has 2 heterocycles. The summed E-state index contributed by atoms with van der Waals surface area (Å²) < 4.78 is 5.70. The van der Waals surface area contributed by atoms with Crippen LogP contribution in [0.4, 0.5) is 11.4 Å². The predicted octanol–water partition coefficient (Wildman–Crippen LogP) is 3.69. The number of thiophene rings is 1. The topological polar surface area (TPSA) is 58.6 Å². The third-order valence-corrected chi connectivity index (χ3v) is 4.47. The Bertz CT molecular complexity index is 799. The van der Waals surface area contributed by atoms with E-state index in [-0.39, 0.29) is 11.8 Å². The van der Waals surface area contributed by atoms with Gasteiger partial charge in [0.05, 0.1) is 10.6 Å². The van der Waals surface area contributed by atoms with E-state index in [0.717, 1.165) is 5.57 Å². The molecule has 0 bridgehead atoms. The first kappa shape index (κ1) is 16.3. The molecule has 1 aliphatic rings. The van der Waals surface area contributed by atoms with Crippen molar-refractivity contribution in [2.45, 2.75) is 20.0 Å². The molecule has 24 heavy (non-hydrogen) atoms. The smallest absolute Gasteiger partial charge is 0.268 e. The van der Waals surface area contributed by atoms with Crippen LogP contribution in [0.15, 0.2) is 47.9 Å². The summed E-state index contributed by atoms with van der Waals surface area (Å²) in [5.74, 6) is 0.317. The van der Waals surface area contributed by atoms with Gasteiger partial charge in [0, 0.05) is 18.3 Å². The van der Waals surface area contributed by atoms with Crippen molar-refractivity contribution in [3.63, 3.8) is 0 Å². The number of fused-ring (bicyclic) bond motifs is 1. The van der Waals surface area contributed by atoms with Crippen molar-refractivity contribution in [1.82, 2.24) is 0 Å². The number of carbonyl (C=O) groups excluding carboxylic acids is 2. The van der Waals surface area contributed by atoms with Gasteiger partial charge in [0.15, 0.2) is 6.10 Å². The molecule has 1 unspecified atom stereocenters. The van der Waals surface area contributed by atoms with Crippen molar-refractivity contribution in [1.29, 1.82) is 0 Å². The summed E-state index contributed by atoms with van der Waals surface area (Å²) in [4.78, 5) is 26.8. The summed E-state index contributed by atoms with van der Waals surface area (Å²) in [6.07, 6.45) is -0.569. The van der Waals surface area contributed by atoms with Crippen molar-refractivity contribution in [3.05, 3.63) is 52.7 Å². The first-order valence-electron chi connectivity index (χ1n) is 7.57. The minimum absolute atomic E-state index is 0.0964. The van der Waals surface area contributed by atoms with Gasteiger partial charge >= 0.3 is 0 Å². The molecule has 0 saturated carbocycles. The van der Waals surface area contributed by atoms with Crippen molar-refractivity contribution >= 4 is 34.5 Å².